The van der Waals surface area contributed by atoms with Gasteiger partial charge in [-0.2, -0.15) is 0 Å². The maximum atomic E-state index is 10.5. The Morgan fingerprint density at radius 1 is 1.54 bits per heavy atom. The van der Waals surface area contributed by atoms with E-state index < -0.39 is 5.97 Å². The van der Waals surface area contributed by atoms with Crippen molar-refractivity contribution in [1.29, 1.82) is 0 Å². The van der Waals surface area contributed by atoms with Crippen LogP contribution in [-0.4, -0.2) is 16.1 Å². The van der Waals surface area contributed by atoms with Gasteiger partial charge >= 0.3 is 5.97 Å². The molecule has 0 spiro atoms. The van der Waals surface area contributed by atoms with Gasteiger partial charge in [-0.15, -0.1) is 0 Å². The van der Waals surface area contributed by atoms with Crippen molar-refractivity contribution >= 4 is 5.97 Å². The minimum atomic E-state index is -0.922. The fourth-order valence-electron chi connectivity index (χ4n) is 1.06. The first-order valence-corrected chi connectivity index (χ1v) is 4.42. The van der Waals surface area contributed by atoms with Gasteiger partial charge in [0.2, 0.25) is 0 Å². The van der Waals surface area contributed by atoms with Crippen LogP contribution in [-0.2, 0) is 6.42 Å². The summed E-state index contributed by atoms with van der Waals surface area (Å²) in [4.78, 5) is 14.5. The SMILES string of the molecule is CCCCc1ccc(C(=O)O)cn1. The first-order chi connectivity index (χ1) is 6.24. The fraction of sp³-hybridized carbons (Fsp3) is 0.400. The number of carboxylic acid groups (broad SMARTS) is 1. The number of unbranched alkanes of at least 4 members (excludes halogenated alkanes) is 1. The van der Waals surface area contributed by atoms with Crippen molar-refractivity contribution in [2.45, 2.75) is 26.2 Å². The number of aromatic nitrogens is 1. The molecule has 0 saturated heterocycles. The molecule has 0 unspecified atom stereocenters. The third-order valence-corrected chi connectivity index (χ3v) is 1.86. The molecule has 0 bridgehead atoms. The highest BCUT2D eigenvalue weighted by atomic mass is 16.4. The molecule has 0 saturated carbocycles. The molecule has 13 heavy (non-hydrogen) atoms. The zero-order valence-electron chi connectivity index (χ0n) is 7.66. The Morgan fingerprint density at radius 2 is 2.31 bits per heavy atom. The fourth-order valence-corrected chi connectivity index (χ4v) is 1.06. The second kappa shape index (κ2) is 4.60. The molecular formula is C10H13NO2. The predicted octanol–water partition coefficient (Wildman–Crippen LogP) is 2.12. The van der Waals surface area contributed by atoms with E-state index in [1.54, 1.807) is 12.1 Å². The van der Waals surface area contributed by atoms with Crippen LogP contribution in [0.1, 0.15) is 35.8 Å². The Labute approximate surface area is 77.4 Å². The van der Waals surface area contributed by atoms with Gasteiger partial charge in [-0.1, -0.05) is 13.3 Å². The molecule has 0 fully saturated rings. The van der Waals surface area contributed by atoms with E-state index >= 15 is 0 Å². The predicted molar refractivity (Wildman–Crippen MR) is 49.8 cm³/mol. The zero-order valence-corrected chi connectivity index (χ0v) is 7.66. The second-order valence-corrected chi connectivity index (χ2v) is 2.95. The van der Waals surface area contributed by atoms with Gasteiger partial charge in [0.05, 0.1) is 5.56 Å². The number of hydrogen-bond donors (Lipinski definition) is 1. The molecule has 1 N–H and O–H groups in total. The Bertz CT molecular complexity index is 279. The van der Waals surface area contributed by atoms with E-state index in [2.05, 4.69) is 11.9 Å². The Kier molecular flexibility index (Phi) is 3.43. The third-order valence-electron chi connectivity index (χ3n) is 1.86. The van der Waals surface area contributed by atoms with Gasteiger partial charge in [-0.3, -0.25) is 4.98 Å². The topological polar surface area (TPSA) is 50.2 Å². The number of aromatic carboxylic acids is 1. The van der Waals surface area contributed by atoms with Crippen LogP contribution in [0.25, 0.3) is 0 Å². The van der Waals surface area contributed by atoms with E-state index in [9.17, 15) is 4.79 Å². The van der Waals surface area contributed by atoms with E-state index in [-0.39, 0.29) is 5.56 Å². The number of nitrogens with zero attached hydrogens (tertiary/aromatic N) is 1. The molecule has 0 radical (unpaired) electrons. The van der Waals surface area contributed by atoms with Crippen LogP contribution < -0.4 is 0 Å². The lowest BCUT2D eigenvalue weighted by Gasteiger charge is -1.98. The van der Waals surface area contributed by atoms with Crippen LogP contribution in [0.15, 0.2) is 18.3 Å². The standard InChI is InChI=1S/C10H13NO2/c1-2-3-4-9-6-5-8(7-11-9)10(12)13/h5-7H,2-4H2,1H3,(H,12,13). The van der Waals surface area contributed by atoms with Crippen molar-refractivity contribution in [2.24, 2.45) is 0 Å². The molecular weight excluding hydrogens is 166 g/mol. The lowest BCUT2D eigenvalue weighted by molar-refractivity contribution is 0.0696. The first-order valence-electron chi connectivity index (χ1n) is 4.42. The van der Waals surface area contributed by atoms with Crippen LogP contribution in [0.2, 0.25) is 0 Å². The highest BCUT2D eigenvalue weighted by Crippen LogP contribution is 2.03. The normalized spacial score (nSPS) is 9.92. The Hall–Kier alpha value is -1.38. The summed E-state index contributed by atoms with van der Waals surface area (Å²) in [7, 11) is 0. The molecule has 1 aromatic heterocycles. The van der Waals surface area contributed by atoms with E-state index in [0.717, 1.165) is 25.0 Å². The molecule has 1 rings (SSSR count). The molecule has 0 aliphatic heterocycles. The molecule has 0 atom stereocenters. The lowest BCUT2D eigenvalue weighted by atomic mass is 10.1. The Morgan fingerprint density at radius 3 is 2.77 bits per heavy atom. The van der Waals surface area contributed by atoms with Gasteiger partial charge < -0.3 is 5.11 Å². The summed E-state index contributed by atoms with van der Waals surface area (Å²) in [6.07, 6.45) is 4.56. The molecule has 3 nitrogen and oxygen atoms in total. The summed E-state index contributed by atoms with van der Waals surface area (Å²) in [5, 5.41) is 8.61. The molecule has 0 aliphatic rings. The van der Waals surface area contributed by atoms with E-state index in [4.69, 9.17) is 5.11 Å². The monoisotopic (exact) mass is 179 g/mol. The van der Waals surface area contributed by atoms with Crippen LogP contribution in [0, 0.1) is 0 Å². The minimum absolute atomic E-state index is 0.250. The van der Waals surface area contributed by atoms with Crippen molar-refractivity contribution in [3.63, 3.8) is 0 Å². The Balaban J connectivity index is 2.64. The zero-order chi connectivity index (χ0) is 9.68. The number of hydrogen-bond acceptors (Lipinski definition) is 2. The van der Waals surface area contributed by atoms with Gasteiger partial charge in [0, 0.05) is 11.9 Å². The molecule has 1 aromatic rings. The number of pyridine rings is 1. The number of rotatable bonds is 4. The summed E-state index contributed by atoms with van der Waals surface area (Å²) in [5.41, 5.74) is 1.21. The highest BCUT2D eigenvalue weighted by Gasteiger charge is 2.01. The lowest BCUT2D eigenvalue weighted by Crippen LogP contribution is -1.98. The number of aryl methyl sites for hydroxylation is 1. The van der Waals surface area contributed by atoms with Crippen LogP contribution in [0.5, 0.6) is 0 Å². The van der Waals surface area contributed by atoms with Crippen LogP contribution in [0.4, 0.5) is 0 Å². The third kappa shape index (κ3) is 2.86. The maximum Gasteiger partial charge on any atom is 0.337 e. The highest BCUT2D eigenvalue weighted by molar-refractivity contribution is 5.87. The molecule has 0 amide bonds. The van der Waals surface area contributed by atoms with Gasteiger partial charge in [-0.25, -0.2) is 4.79 Å². The van der Waals surface area contributed by atoms with Crippen molar-refractivity contribution in [2.75, 3.05) is 0 Å². The van der Waals surface area contributed by atoms with Gasteiger partial charge in [0.15, 0.2) is 0 Å². The summed E-state index contributed by atoms with van der Waals surface area (Å²) >= 11 is 0. The van der Waals surface area contributed by atoms with Crippen molar-refractivity contribution in [3.8, 4) is 0 Å². The van der Waals surface area contributed by atoms with Crippen LogP contribution >= 0.6 is 0 Å². The first kappa shape index (κ1) is 9.71. The summed E-state index contributed by atoms with van der Waals surface area (Å²) in [6, 6.07) is 3.37. The van der Waals surface area contributed by atoms with Crippen molar-refractivity contribution < 1.29 is 9.90 Å². The summed E-state index contributed by atoms with van der Waals surface area (Å²) in [6.45, 7) is 2.12. The maximum absolute atomic E-state index is 10.5. The molecule has 0 aromatic carbocycles. The molecule has 0 aliphatic carbocycles. The van der Waals surface area contributed by atoms with E-state index in [0.29, 0.717) is 0 Å². The smallest absolute Gasteiger partial charge is 0.337 e. The minimum Gasteiger partial charge on any atom is -0.478 e. The molecule has 3 heteroatoms. The second-order valence-electron chi connectivity index (χ2n) is 2.95. The molecule has 1 heterocycles. The van der Waals surface area contributed by atoms with Gasteiger partial charge in [0.25, 0.3) is 0 Å². The summed E-state index contributed by atoms with van der Waals surface area (Å²) < 4.78 is 0. The molecule has 70 valence electrons. The van der Waals surface area contributed by atoms with Gasteiger partial charge in [0.1, 0.15) is 0 Å². The van der Waals surface area contributed by atoms with Crippen LogP contribution in [0.3, 0.4) is 0 Å². The van der Waals surface area contributed by atoms with E-state index in [1.165, 1.54) is 6.20 Å². The average molecular weight is 179 g/mol. The summed E-state index contributed by atoms with van der Waals surface area (Å²) in [5.74, 6) is -0.922. The van der Waals surface area contributed by atoms with Gasteiger partial charge in [-0.05, 0) is 25.0 Å². The number of carboxylic acids is 1. The average Bonchev–Trinajstić information content (AvgIpc) is 2.15. The number of carbonyl (C=O) groups is 1. The van der Waals surface area contributed by atoms with Crippen molar-refractivity contribution in [1.82, 2.24) is 4.98 Å². The van der Waals surface area contributed by atoms with E-state index in [1.807, 2.05) is 0 Å². The largest absolute Gasteiger partial charge is 0.478 e. The quantitative estimate of drug-likeness (QED) is 0.770. The van der Waals surface area contributed by atoms with Crippen molar-refractivity contribution in [3.05, 3.63) is 29.6 Å².